The molecular formula is C22H28ClFN3O9P. The lowest BCUT2D eigenvalue weighted by Gasteiger charge is -2.28. The number of aromatic nitrogens is 2. The Labute approximate surface area is 216 Å². The van der Waals surface area contributed by atoms with Crippen molar-refractivity contribution in [1.29, 1.82) is 0 Å². The highest BCUT2D eigenvalue weighted by molar-refractivity contribution is 7.52. The van der Waals surface area contributed by atoms with Gasteiger partial charge in [0.05, 0.1) is 6.10 Å². The first kappa shape index (κ1) is 29.0. The highest BCUT2D eigenvalue weighted by atomic mass is 35.5. The second-order valence-electron chi connectivity index (χ2n) is 8.84. The smallest absolute Gasteiger partial charge is 0.459 e. The molecule has 1 saturated heterocycles. The van der Waals surface area contributed by atoms with E-state index in [0.717, 1.165) is 16.8 Å². The molecule has 3 rings (SSSR count). The van der Waals surface area contributed by atoms with E-state index in [0.29, 0.717) is 0 Å². The molecule has 0 aliphatic carbocycles. The van der Waals surface area contributed by atoms with Gasteiger partial charge in [-0.2, -0.15) is 5.09 Å². The maximum Gasteiger partial charge on any atom is 0.459 e. The van der Waals surface area contributed by atoms with Crippen molar-refractivity contribution in [2.75, 3.05) is 6.61 Å². The number of halogens is 2. The van der Waals surface area contributed by atoms with E-state index in [1.54, 1.807) is 32.0 Å². The van der Waals surface area contributed by atoms with Crippen molar-refractivity contribution in [3.05, 3.63) is 63.4 Å². The minimum absolute atomic E-state index is 0.0726. The van der Waals surface area contributed by atoms with Crippen LogP contribution in [0.4, 0.5) is 4.39 Å². The van der Waals surface area contributed by atoms with Gasteiger partial charge in [-0.3, -0.25) is 23.7 Å². The van der Waals surface area contributed by atoms with E-state index >= 15 is 4.39 Å². The monoisotopic (exact) mass is 563 g/mol. The van der Waals surface area contributed by atoms with Crippen LogP contribution in [0.2, 0.25) is 0 Å². The molecule has 2 aromatic rings. The molecule has 204 valence electrons. The van der Waals surface area contributed by atoms with Crippen molar-refractivity contribution in [1.82, 2.24) is 14.6 Å². The van der Waals surface area contributed by atoms with Crippen LogP contribution in [0.5, 0.6) is 5.75 Å². The van der Waals surface area contributed by atoms with E-state index in [1.807, 2.05) is 4.98 Å². The Kier molecular flexibility index (Phi) is 8.68. The molecule has 0 spiro atoms. The summed E-state index contributed by atoms with van der Waals surface area (Å²) in [5, 5.41) is 13.1. The Bertz CT molecular complexity index is 1270. The van der Waals surface area contributed by atoms with Crippen molar-refractivity contribution < 1.29 is 37.4 Å². The number of carbonyl (C=O) groups is 1. The van der Waals surface area contributed by atoms with Crippen LogP contribution in [-0.4, -0.2) is 56.2 Å². The molecule has 0 amide bonds. The topological polar surface area (TPSA) is 158 Å². The number of rotatable bonds is 10. The third-order valence-corrected chi connectivity index (χ3v) is 7.31. The first-order valence-electron chi connectivity index (χ1n) is 11.2. The Hall–Kier alpha value is -2.54. The summed E-state index contributed by atoms with van der Waals surface area (Å²) < 4.78 is 51.4. The average Bonchev–Trinajstić information content (AvgIpc) is 2.98. The summed E-state index contributed by atoms with van der Waals surface area (Å²) in [5.41, 5.74) is -1.67. The number of benzene rings is 1. The van der Waals surface area contributed by atoms with Crippen molar-refractivity contribution in [3.63, 3.8) is 0 Å². The molecule has 0 saturated carbocycles. The van der Waals surface area contributed by atoms with Gasteiger partial charge in [0.1, 0.15) is 29.4 Å². The number of hydrogen-bond donors (Lipinski definition) is 3. The van der Waals surface area contributed by atoms with Crippen LogP contribution in [0.15, 0.2) is 52.2 Å². The molecule has 37 heavy (non-hydrogen) atoms. The summed E-state index contributed by atoms with van der Waals surface area (Å²) in [6.45, 7) is 4.62. The summed E-state index contributed by atoms with van der Waals surface area (Å²) in [5.74, 6) is -3.78. The summed E-state index contributed by atoms with van der Waals surface area (Å²) >= 11 is 6.37. The fraction of sp³-hybridized carbons (Fsp3) is 0.500. The van der Waals surface area contributed by atoms with Crippen LogP contribution >= 0.6 is 19.3 Å². The number of alkyl halides is 2. The van der Waals surface area contributed by atoms with Crippen LogP contribution in [-0.2, 0) is 23.4 Å². The van der Waals surface area contributed by atoms with Gasteiger partial charge in [0.15, 0.2) is 6.23 Å². The first-order valence-corrected chi connectivity index (χ1v) is 13.1. The molecule has 15 heteroatoms. The number of nitrogens with one attached hydrogen (secondary N) is 2. The zero-order valence-electron chi connectivity index (χ0n) is 20.4. The van der Waals surface area contributed by atoms with E-state index in [9.17, 15) is 24.1 Å². The van der Waals surface area contributed by atoms with Crippen LogP contribution < -0.4 is 20.9 Å². The molecule has 2 heterocycles. The zero-order chi connectivity index (χ0) is 27.6. The SMILES string of the molecule is CC(C)OC(=O)C(C)NP(=O)(OC[C@@]1(F)OC(n2ccc(=O)[nH]c2=O)[C@](C)(Cl)[C@@H]1O)Oc1ccccc1. The molecule has 1 aromatic carbocycles. The number of nitrogens with zero attached hydrogens (tertiary/aromatic N) is 1. The number of esters is 1. The van der Waals surface area contributed by atoms with Crippen LogP contribution in [0.1, 0.15) is 33.9 Å². The predicted octanol–water partition coefficient (Wildman–Crippen LogP) is 2.22. The minimum atomic E-state index is -4.51. The van der Waals surface area contributed by atoms with Gasteiger partial charge in [-0.15, -0.1) is 11.6 Å². The standard InChI is InChI=1S/C22H28ClFN3O9P/c1-13(2)34-17(29)14(3)26-37(32,36-15-8-6-5-7-9-15)33-12-22(24)18(30)21(4,23)19(35-22)27-11-10-16(28)25-20(27)31/h5-11,13-14,18-19,30H,12H2,1-4H3,(H,26,32)(H,25,28,31)/t14?,18-,19?,21+,22+,37?/m0/s1. The third kappa shape index (κ3) is 6.67. The molecule has 0 radical (unpaired) electrons. The van der Waals surface area contributed by atoms with Gasteiger partial charge < -0.3 is 19.1 Å². The Morgan fingerprint density at radius 1 is 1.30 bits per heavy atom. The first-order chi connectivity index (χ1) is 17.2. The Morgan fingerprint density at radius 2 is 1.95 bits per heavy atom. The van der Waals surface area contributed by atoms with Crippen LogP contribution in [0.25, 0.3) is 0 Å². The van der Waals surface area contributed by atoms with Crippen LogP contribution in [0, 0.1) is 0 Å². The lowest BCUT2D eigenvalue weighted by Crippen LogP contribution is -2.47. The van der Waals surface area contributed by atoms with Crippen molar-refractivity contribution >= 4 is 25.3 Å². The number of carbonyl (C=O) groups excluding carboxylic acids is 1. The summed E-state index contributed by atoms with van der Waals surface area (Å²) in [7, 11) is -4.51. The van der Waals surface area contributed by atoms with E-state index in [4.69, 9.17) is 30.1 Å². The van der Waals surface area contributed by atoms with E-state index < -0.39 is 66.8 Å². The predicted molar refractivity (Wildman–Crippen MR) is 130 cm³/mol. The van der Waals surface area contributed by atoms with Gasteiger partial charge in [-0.25, -0.2) is 13.8 Å². The van der Waals surface area contributed by atoms with Gasteiger partial charge in [-0.05, 0) is 39.8 Å². The number of aliphatic hydroxyl groups excluding tert-OH is 1. The number of para-hydroxylation sites is 1. The number of hydrogen-bond acceptors (Lipinski definition) is 9. The normalized spacial score (nSPS) is 28.0. The highest BCUT2D eigenvalue weighted by Gasteiger charge is 2.63. The second-order valence-corrected chi connectivity index (χ2v) is 11.3. The summed E-state index contributed by atoms with van der Waals surface area (Å²) in [4.78, 5) is 36.0. The lowest BCUT2D eigenvalue weighted by atomic mass is 10.00. The molecule has 1 aliphatic rings. The molecule has 12 nitrogen and oxygen atoms in total. The lowest BCUT2D eigenvalue weighted by molar-refractivity contribution is -0.204. The summed E-state index contributed by atoms with van der Waals surface area (Å²) in [6, 6.07) is 7.54. The maximum atomic E-state index is 15.9. The summed E-state index contributed by atoms with van der Waals surface area (Å²) in [6.07, 6.45) is -3.12. The number of ether oxygens (including phenoxy) is 2. The molecule has 0 bridgehead atoms. The second kappa shape index (κ2) is 11.1. The van der Waals surface area contributed by atoms with E-state index in [2.05, 4.69) is 5.09 Å². The number of aromatic amines is 1. The molecule has 1 aromatic heterocycles. The van der Waals surface area contributed by atoms with Crippen molar-refractivity contribution in [2.24, 2.45) is 0 Å². The number of H-pyrrole nitrogens is 1. The molecular weight excluding hydrogens is 536 g/mol. The van der Waals surface area contributed by atoms with Crippen molar-refractivity contribution in [3.8, 4) is 5.75 Å². The molecule has 1 fully saturated rings. The zero-order valence-corrected chi connectivity index (χ0v) is 22.1. The average molecular weight is 564 g/mol. The van der Waals surface area contributed by atoms with Gasteiger partial charge in [0.2, 0.25) is 0 Å². The van der Waals surface area contributed by atoms with Gasteiger partial charge >= 0.3 is 19.4 Å². The maximum absolute atomic E-state index is 15.9. The van der Waals surface area contributed by atoms with Gasteiger partial charge in [-0.1, -0.05) is 18.2 Å². The molecule has 3 N–H and O–H groups in total. The number of aliphatic hydroxyl groups is 1. The van der Waals surface area contributed by atoms with Crippen LogP contribution in [0.3, 0.4) is 0 Å². The molecule has 6 atom stereocenters. The van der Waals surface area contributed by atoms with Gasteiger partial charge in [0, 0.05) is 12.3 Å². The quantitative estimate of drug-likeness (QED) is 0.222. The van der Waals surface area contributed by atoms with E-state index in [1.165, 1.54) is 26.0 Å². The van der Waals surface area contributed by atoms with Crippen molar-refractivity contribution in [2.45, 2.75) is 62.9 Å². The highest BCUT2D eigenvalue weighted by Crippen LogP contribution is 2.52. The molecule has 1 aliphatic heterocycles. The minimum Gasteiger partial charge on any atom is -0.462 e. The third-order valence-electron chi connectivity index (χ3n) is 5.29. The fourth-order valence-electron chi connectivity index (χ4n) is 3.48. The fourth-order valence-corrected chi connectivity index (χ4v) is 5.30. The van der Waals surface area contributed by atoms with Gasteiger partial charge in [0.25, 0.3) is 11.4 Å². The Balaban J connectivity index is 1.86. The largest absolute Gasteiger partial charge is 0.462 e. The Morgan fingerprint density at radius 3 is 2.54 bits per heavy atom. The molecule has 3 unspecified atom stereocenters. The van der Waals surface area contributed by atoms with E-state index in [-0.39, 0.29) is 5.75 Å².